The number of nitrogens with zero attached hydrogens (tertiary/aromatic N) is 1. The average Bonchev–Trinajstić information content (AvgIpc) is 1.61. The number of primary amides is 1. The predicted octanol–water partition coefficient (Wildman–Crippen LogP) is -0.484. The summed E-state index contributed by atoms with van der Waals surface area (Å²) in [6.45, 7) is 11.7. The van der Waals surface area contributed by atoms with Gasteiger partial charge in [0.05, 0.1) is 24.7 Å². The van der Waals surface area contributed by atoms with Crippen LogP contribution in [0.25, 0.3) is 21.8 Å². The Kier molecular flexibility index (Phi) is 30.0. The third-order valence-electron chi connectivity index (χ3n) is 17.8. The number of aromatic amines is 3. The number of aromatic nitrogens is 4. The molecule has 570 valence electrons. The van der Waals surface area contributed by atoms with Gasteiger partial charge in [-0.25, -0.2) is 4.98 Å². The van der Waals surface area contributed by atoms with E-state index in [1.807, 2.05) is 0 Å². The number of hydrogen-bond donors (Lipinski definition) is 18. The Morgan fingerprint density at radius 2 is 1.03 bits per heavy atom. The molecule has 3 aromatic carbocycles. The molecule has 0 radical (unpaired) electrons. The maximum Gasteiger partial charge on any atom is 0.303 e. The normalized spacial score (nSPS) is 22.5. The number of H-pyrrole nitrogens is 3. The lowest BCUT2D eigenvalue weighted by Crippen LogP contribution is -2.61. The number of para-hydroxylation sites is 2. The van der Waals surface area contributed by atoms with Crippen molar-refractivity contribution in [3.63, 3.8) is 0 Å². The average molecular weight is 1470 g/mol. The van der Waals surface area contributed by atoms with Gasteiger partial charge in [0.25, 0.3) is 0 Å². The molecule has 4 heterocycles. The van der Waals surface area contributed by atoms with E-state index in [1.54, 1.807) is 127 Å². The number of rotatable bonds is 18. The van der Waals surface area contributed by atoms with Crippen molar-refractivity contribution in [2.24, 2.45) is 23.5 Å². The molecule has 0 fully saturated rings. The number of carbonyl (C=O) groups excluding carboxylic acids is 13. The fraction of sp³-hybridized carbons (Fsp3) is 0.466. The van der Waals surface area contributed by atoms with Gasteiger partial charge in [-0.2, -0.15) is 0 Å². The monoisotopic (exact) mass is 1470 g/mol. The summed E-state index contributed by atoms with van der Waals surface area (Å²) >= 11 is 0. The highest BCUT2D eigenvalue weighted by Crippen LogP contribution is 2.23. The first-order chi connectivity index (χ1) is 50.3. The molecule has 0 spiro atoms. The Balaban J connectivity index is 1.24. The van der Waals surface area contributed by atoms with Gasteiger partial charge in [-0.15, -0.1) is 0 Å². The third-order valence-corrected chi connectivity index (χ3v) is 17.8. The standard InChI is InChI=1S/C73H97N17O16/c1-37(2)25-52-66(99)79-35-60(94)82-51(21-24-61(95)96)67(100)85-53(26-38(3)4)71(104)89-62(39(5)6)73(106)88-56(29-45-33-77-50-20-14-12-18-48(45)50)69(102)86-54(72(105)90-63(41(8)91)64(74)97)27-42-15-9-10-16-43(42)31-78-58(92)22-23-59(93)81-40(7)65(98)83-55(28-44-32-76-49-19-13-11-17-47(44)49)68(101)87-57(70(103)84-52)30-46-34-75-36-80-46/h9-20,32-34,36-41,51-57,62-63,76-77,91H,21-31,35H2,1-8H3,(H2,74,97)(H,75,80)(H,78,92)(H,79,99)(H,81,93)(H,82,94)(H,83,98)(H,84,103)(H,85,100)(H,86,102)(H,87,101)(H,88,106)(H,89,104)(H,90,105)(H,95,96)/t40-,41+,51-,52-,53-,54-,55-,56-,57-,62?,63?/m0/s1. The quantitative estimate of drug-likeness (QED) is 0.0517. The molecular weight excluding hydrogens is 1370 g/mol. The van der Waals surface area contributed by atoms with Crippen LogP contribution in [0, 0.1) is 17.8 Å². The number of carboxylic acid groups (broad SMARTS) is 1. The van der Waals surface area contributed by atoms with E-state index in [9.17, 15) is 72.5 Å². The Morgan fingerprint density at radius 1 is 0.528 bits per heavy atom. The zero-order valence-electron chi connectivity index (χ0n) is 60.4. The molecule has 3 aromatic heterocycles. The summed E-state index contributed by atoms with van der Waals surface area (Å²) in [5.74, 6) is -14.4. The Bertz CT molecular complexity index is 4130. The fourth-order valence-corrected chi connectivity index (χ4v) is 12.1. The van der Waals surface area contributed by atoms with Crippen LogP contribution in [-0.2, 0) is 99.4 Å². The maximum atomic E-state index is 15.1. The molecule has 0 saturated heterocycles. The van der Waals surface area contributed by atoms with E-state index in [2.05, 4.69) is 83.7 Å². The number of amides is 13. The molecule has 0 saturated carbocycles. The second-order valence-electron chi connectivity index (χ2n) is 27.7. The number of aliphatic carboxylic acids is 1. The summed E-state index contributed by atoms with van der Waals surface area (Å²) < 4.78 is 0. The zero-order valence-corrected chi connectivity index (χ0v) is 60.4. The van der Waals surface area contributed by atoms with Crippen molar-refractivity contribution in [1.82, 2.24) is 83.7 Å². The van der Waals surface area contributed by atoms with E-state index < -0.39 is 187 Å². The summed E-state index contributed by atoms with van der Waals surface area (Å²) in [4.78, 5) is 210. The highest BCUT2D eigenvalue weighted by atomic mass is 16.4. The first-order valence-corrected chi connectivity index (χ1v) is 35.2. The first-order valence-electron chi connectivity index (χ1n) is 35.2. The van der Waals surface area contributed by atoms with Gasteiger partial charge < -0.3 is 94.7 Å². The number of nitrogens with one attached hydrogen (secondary N) is 15. The van der Waals surface area contributed by atoms with Crippen LogP contribution in [-0.4, -0.2) is 186 Å². The molecule has 6 aromatic rings. The number of benzene rings is 3. The summed E-state index contributed by atoms with van der Waals surface area (Å²) in [7, 11) is 0. The minimum atomic E-state index is -1.66. The highest BCUT2D eigenvalue weighted by molar-refractivity contribution is 6.00. The van der Waals surface area contributed by atoms with Crippen molar-refractivity contribution in [3.05, 3.63) is 126 Å². The third kappa shape index (κ3) is 24.3. The van der Waals surface area contributed by atoms with E-state index in [1.165, 1.54) is 26.4 Å². The summed E-state index contributed by atoms with van der Waals surface area (Å²) in [6, 6.07) is 5.81. The van der Waals surface area contributed by atoms with Gasteiger partial charge in [0.15, 0.2) is 0 Å². The molecule has 33 nitrogen and oxygen atoms in total. The van der Waals surface area contributed by atoms with Crippen LogP contribution in [0.4, 0.5) is 0 Å². The molecule has 13 amide bonds. The van der Waals surface area contributed by atoms with E-state index in [0.717, 1.165) is 0 Å². The van der Waals surface area contributed by atoms with Crippen LogP contribution in [0.5, 0.6) is 0 Å². The SMILES string of the molecule is CC(C)C[C@@H]1NC(=O)[C@H](Cc2c[nH]cn2)NC(=O)[C@H](Cc2c[nH]c3ccccc23)NC(=O)[C@H](C)NC(=O)CCC(=O)NCc2ccccc2C[C@@H](C(=O)NC(C(N)=O)[C@@H](C)O)NC(=O)[C@H](Cc2c[nH]c3ccccc23)NC(=O)C(C(C)C)NC(=O)[C@H](CC(C)C)NC(=O)[C@H](CCC(=O)O)NC(=O)CNC1=O. The van der Waals surface area contributed by atoms with Gasteiger partial charge >= 0.3 is 5.97 Å². The molecule has 19 N–H and O–H groups in total. The number of carbonyl (C=O) groups is 14. The summed E-state index contributed by atoms with van der Waals surface area (Å²) in [6.07, 6.45) is 1.54. The van der Waals surface area contributed by atoms with Crippen molar-refractivity contribution in [3.8, 4) is 0 Å². The number of carboxylic acids is 1. The van der Waals surface area contributed by atoms with Crippen molar-refractivity contribution < 1.29 is 77.3 Å². The molecule has 106 heavy (non-hydrogen) atoms. The van der Waals surface area contributed by atoms with E-state index in [0.29, 0.717) is 49.8 Å². The minimum absolute atomic E-state index is 0.0125. The van der Waals surface area contributed by atoms with Crippen LogP contribution in [0.1, 0.15) is 122 Å². The van der Waals surface area contributed by atoms with E-state index >= 15 is 4.79 Å². The molecule has 0 bridgehead atoms. The molecule has 33 heteroatoms. The van der Waals surface area contributed by atoms with Crippen molar-refractivity contribution >= 4 is 105 Å². The van der Waals surface area contributed by atoms with Crippen LogP contribution in [0.3, 0.4) is 0 Å². The number of imidazole rings is 1. The largest absolute Gasteiger partial charge is 0.481 e. The molecule has 0 aliphatic carbocycles. The van der Waals surface area contributed by atoms with Crippen molar-refractivity contribution in [2.45, 2.75) is 193 Å². The lowest BCUT2D eigenvalue weighted by molar-refractivity contribution is -0.138. The Hall–Kier alpha value is -11.5. The number of nitrogens with two attached hydrogens (primary N) is 1. The maximum absolute atomic E-state index is 15.1. The predicted molar refractivity (Wildman–Crippen MR) is 387 cm³/mol. The van der Waals surface area contributed by atoms with Gasteiger partial charge in [0, 0.05) is 91.9 Å². The van der Waals surface area contributed by atoms with Gasteiger partial charge in [0.2, 0.25) is 76.8 Å². The number of aliphatic hydroxyl groups excluding tert-OH is 1. The fourth-order valence-electron chi connectivity index (χ4n) is 12.1. The van der Waals surface area contributed by atoms with Crippen LogP contribution >= 0.6 is 0 Å². The van der Waals surface area contributed by atoms with Crippen molar-refractivity contribution in [1.29, 1.82) is 0 Å². The van der Waals surface area contributed by atoms with Gasteiger partial charge in [-0.3, -0.25) is 67.1 Å². The smallest absolute Gasteiger partial charge is 0.303 e. The summed E-state index contributed by atoms with van der Waals surface area (Å²) in [5, 5.41) is 53.3. The number of hydrogen-bond acceptors (Lipinski definition) is 16. The minimum Gasteiger partial charge on any atom is -0.481 e. The first kappa shape index (κ1) is 81.8. The topological polar surface area (TPSA) is 510 Å². The molecule has 1 aliphatic heterocycles. The van der Waals surface area contributed by atoms with Gasteiger partial charge in [-0.05, 0) is 85.3 Å². The zero-order chi connectivity index (χ0) is 77.5. The summed E-state index contributed by atoms with van der Waals surface area (Å²) in [5.41, 5.74) is 9.20. The van der Waals surface area contributed by atoms with Crippen LogP contribution in [0.2, 0.25) is 0 Å². The molecule has 2 unspecified atom stereocenters. The van der Waals surface area contributed by atoms with Crippen LogP contribution in [0.15, 0.2) is 97.7 Å². The van der Waals surface area contributed by atoms with E-state index in [4.69, 9.17) is 5.73 Å². The Labute approximate surface area is 611 Å². The molecule has 7 rings (SSSR count). The highest BCUT2D eigenvalue weighted by Gasteiger charge is 2.38. The van der Waals surface area contributed by atoms with Crippen molar-refractivity contribution in [2.75, 3.05) is 6.54 Å². The molecular formula is C73H97N17O16. The lowest BCUT2D eigenvalue weighted by Gasteiger charge is -2.29. The number of fused-ring (bicyclic) bond motifs is 3. The van der Waals surface area contributed by atoms with Gasteiger partial charge in [0.1, 0.15) is 60.4 Å². The molecule has 1 aliphatic rings. The van der Waals surface area contributed by atoms with E-state index in [-0.39, 0.29) is 56.9 Å². The number of aliphatic hydroxyl groups is 1. The van der Waals surface area contributed by atoms with Crippen LogP contribution < -0.4 is 69.5 Å². The molecule has 11 atom stereocenters. The lowest BCUT2D eigenvalue weighted by atomic mass is 9.97. The van der Waals surface area contributed by atoms with Gasteiger partial charge in [-0.1, -0.05) is 102 Å². The second kappa shape index (κ2) is 38.8. The second-order valence-corrected chi connectivity index (χ2v) is 27.7. The Morgan fingerprint density at radius 3 is 1.58 bits per heavy atom.